The van der Waals surface area contributed by atoms with Crippen molar-refractivity contribution >= 4 is 5.97 Å². The molecule has 5 heteroatoms. The van der Waals surface area contributed by atoms with Crippen LogP contribution in [0.4, 0.5) is 0 Å². The average Bonchev–Trinajstić information content (AvgIpc) is 2.60. The van der Waals surface area contributed by atoms with Crippen LogP contribution in [0.3, 0.4) is 0 Å². The van der Waals surface area contributed by atoms with Gasteiger partial charge >= 0.3 is 5.97 Å². The molecule has 0 aromatic heterocycles. The number of allylic oxidation sites excluding steroid dienone is 3. The number of benzene rings is 1. The number of ether oxygens (including phenoxy) is 2. The Morgan fingerprint density at radius 3 is 2.76 bits per heavy atom. The second-order valence-corrected chi connectivity index (χ2v) is 6.08. The third kappa shape index (κ3) is 6.03. The average molecular weight is 346 g/mol. The van der Waals surface area contributed by atoms with E-state index in [2.05, 4.69) is 0 Å². The summed E-state index contributed by atoms with van der Waals surface area (Å²) in [5, 5.41) is 18.9. The van der Waals surface area contributed by atoms with Crippen LogP contribution < -0.4 is 0 Å². The van der Waals surface area contributed by atoms with Crippen molar-refractivity contribution in [3.8, 4) is 5.75 Å². The molecule has 1 unspecified atom stereocenters. The topological polar surface area (TPSA) is 76.0 Å². The normalized spacial score (nSPS) is 24.1. The fraction of sp³-hybridized carbons (Fsp3) is 0.450. The molecular formula is C20H26O5. The van der Waals surface area contributed by atoms with Crippen LogP contribution >= 0.6 is 0 Å². The highest BCUT2D eigenvalue weighted by Gasteiger charge is 2.33. The van der Waals surface area contributed by atoms with Gasteiger partial charge in [-0.15, -0.1) is 0 Å². The van der Waals surface area contributed by atoms with Gasteiger partial charge in [-0.05, 0) is 25.8 Å². The van der Waals surface area contributed by atoms with Crippen LogP contribution in [-0.2, 0) is 14.3 Å². The van der Waals surface area contributed by atoms with Crippen molar-refractivity contribution in [3.05, 3.63) is 54.1 Å². The van der Waals surface area contributed by atoms with E-state index in [1.165, 1.54) is 0 Å². The molecule has 0 saturated carbocycles. The SMILES string of the molecule is CC=CCC1OC[C@@H](CC=CCCC(=O)O)[C@@H](c2ccccc2O)O1. The van der Waals surface area contributed by atoms with E-state index in [-0.39, 0.29) is 30.5 Å². The van der Waals surface area contributed by atoms with Gasteiger partial charge in [0.25, 0.3) is 0 Å². The van der Waals surface area contributed by atoms with Crippen LogP contribution in [-0.4, -0.2) is 29.1 Å². The van der Waals surface area contributed by atoms with Gasteiger partial charge in [-0.3, -0.25) is 4.79 Å². The maximum Gasteiger partial charge on any atom is 0.303 e. The fourth-order valence-electron chi connectivity index (χ4n) is 2.85. The van der Waals surface area contributed by atoms with E-state index < -0.39 is 5.97 Å². The van der Waals surface area contributed by atoms with E-state index in [1.54, 1.807) is 12.1 Å². The van der Waals surface area contributed by atoms with Crippen molar-refractivity contribution in [2.24, 2.45) is 5.92 Å². The zero-order valence-electron chi connectivity index (χ0n) is 14.5. The van der Waals surface area contributed by atoms with Gasteiger partial charge in [0.2, 0.25) is 0 Å². The van der Waals surface area contributed by atoms with Crippen molar-refractivity contribution < 1.29 is 24.5 Å². The molecule has 3 atom stereocenters. The number of carbonyl (C=O) groups is 1. The van der Waals surface area contributed by atoms with Gasteiger partial charge in [0, 0.05) is 24.3 Å². The van der Waals surface area contributed by atoms with Crippen LogP contribution in [0.25, 0.3) is 0 Å². The molecule has 0 spiro atoms. The van der Waals surface area contributed by atoms with E-state index in [4.69, 9.17) is 14.6 Å². The lowest BCUT2D eigenvalue weighted by molar-refractivity contribution is -0.237. The van der Waals surface area contributed by atoms with E-state index in [0.29, 0.717) is 25.9 Å². The molecule has 0 radical (unpaired) electrons. The Kier molecular flexibility index (Phi) is 7.70. The maximum absolute atomic E-state index is 10.6. The summed E-state index contributed by atoms with van der Waals surface area (Å²) < 4.78 is 11.9. The summed E-state index contributed by atoms with van der Waals surface area (Å²) in [7, 11) is 0. The summed E-state index contributed by atoms with van der Waals surface area (Å²) in [5.74, 6) is -0.511. The van der Waals surface area contributed by atoms with E-state index >= 15 is 0 Å². The first kappa shape index (κ1) is 19.2. The molecule has 1 aliphatic heterocycles. The van der Waals surface area contributed by atoms with Gasteiger partial charge < -0.3 is 19.7 Å². The number of carboxylic acid groups (broad SMARTS) is 1. The zero-order chi connectivity index (χ0) is 18.1. The minimum atomic E-state index is -0.798. The van der Waals surface area contributed by atoms with Crippen LogP contribution in [0.1, 0.15) is 44.3 Å². The molecule has 1 saturated heterocycles. The lowest BCUT2D eigenvalue weighted by atomic mass is 9.91. The lowest BCUT2D eigenvalue weighted by Crippen LogP contribution is -2.34. The van der Waals surface area contributed by atoms with Gasteiger partial charge in [0.1, 0.15) is 5.75 Å². The Labute approximate surface area is 148 Å². The van der Waals surface area contributed by atoms with Crippen LogP contribution in [0.5, 0.6) is 5.75 Å². The van der Waals surface area contributed by atoms with Gasteiger partial charge in [0.05, 0.1) is 12.7 Å². The molecule has 1 heterocycles. The van der Waals surface area contributed by atoms with Crippen LogP contribution in [0.2, 0.25) is 0 Å². The molecule has 1 aromatic rings. The fourth-order valence-corrected chi connectivity index (χ4v) is 2.85. The summed E-state index contributed by atoms with van der Waals surface area (Å²) in [6, 6.07) is 7.21. The van der Waals surface area contributed by atoms with Gasteiger partial charge in [0.15, 0.2) is 6.29 Å². The number of aromatic hydroxyl groups is 1. The molecule has 0 aliphatic carbocycles. The number of carboxylic acids is 1. The zero-order valence-corrected chi connectivity index (χ0v) is 14.5. The molecule has 1 aromatic carbocycles. The number of para-hydroxylation sites is 1. The summed E-state index contributed by atoms with van der Waals surface area (Å²) in [6.45, 7) is 2.48. The minimum absolute atomic E-state index is 0.0660. The Hall–Kier alpha value is -2.11. The predicted octanol–water partition coefficient (Wildman–Crippen LogP) is 4.20. The van der Waals surface area contributed by atoms with E-state index in [1.807, 2.05) is 43.4 Å². The molecule has 1 aliphatic rings. The Bertz CT molecular complexity index is 608. The number of hydrogen-bond donors (Lipinski definition) is 2. The number of phenols is 1. The van der Waals surface area contributed by atoms with E-state index in [0.717, 1.165) is 5.56 Å². The molecule has 1 fully saturated rings. The highest BCUT2D eigenvalue weighted by Crippen LogP contribution is 2.39. The summed E-state index contributed by atoms with van der Waals surface area (Å²) >= 11 is 0. The lowest BCUT2D eigenvalue weighted by Gasteiger charge is -2.36. The Morgan fingerprint density at radius 1 is 1.24 bits per heavy atom. The molecule has 2 rings (SSSR count). The van der Waals surface area contributed by atoms with Crippen molar-refractivity contribution in [2.45, 2.75) is 45.0 Å². The third-order valence-electron chi connectivity index (χ3n) is 4.16. The predicted molar refractivity (Wildman–Crippen MR) is 95.2 cm³/mol. The second-order valence-electron chi connectivity index (χ2n) is 6.08. The monoisotopic (exact) mass is 346 g/mol. The van der Waals surface area contributed by atoms with Crippen LogP contribution in [0.15, 0.2) is 48.6 Å². The highest BCUT2D eigenvalue weighted by atomic mass is 16.7. The summed E-state index contributed by atoms with van der Waals surface area (Å²) in [4.78, 5) is 10.6. The molecule has 2 N–H and O–H groups in total. The first-order valence-electron chi connectivity index (χ1n) is 8.64. The quantitative estimate of drug-likeness (QED) is 0.690. The molecule has 5 nitrogen and oxygen atoms in total. The smallest absolute Gasteiger partial charge is 0.303 e. The summed E-state index contributed by atoms with van der Waals surface area (Å²) in [6.07, 6.45) is 9.23. The summed E-state index contributed by atoms with van der Waals surface area (Å²) in [5.41, 5.74) is 0.764. The van der Waals surface area contributed by atoms with Gasteiger partial charge in [-0.1, -0.05) is 42.5 Å². The first-order chi connectivity index (χ1) is 12.1. The Morgan fingerprint density at radius 2 is 2.04 bits per heavy atom. The van der Waals surface area contributed by atoms with Gasteiger partial charge in [-0.2, -0.15) is 0 Å². The first-order valence-corrected chi connectivity index (χ1v) is 8.64. The second kappa shape index (κ2) is 10.0. The number of aliphatic carboxylic acids is 1. The Balaban J connectivity index is 2.05. The van der Waals surface area contributed by atoms with Gasteiger partial charge in [-0.25, -0.2) is 0 Å². The number of phenolic OH excluding ortho intramolecular Hbond substituents is 1. The third-order valence-corrected chi connectivity index (χ3v) is 4.16. The highest BCUT2D eigenvalue weighted by molar-refractivity contribution is 5.66. The van der Waals surface area contributed by atoms with Crippen molar-refractivity contribution in [2.75, 3.05) is 6.61 Å². The maximum atomic E-state index is 10.6. The number of rotatable bonds is 8. The molecular weight excluding hydrogens is 320 g/mol. The standard InChI is InChI=1S/C20H26O5/c1-2-3-13-19-24-14-15(9-5-4-6-12-18(22)23)20(25-19)16-10-7-8-11-17(16)21/h2-5,7-8,10-11,15,19-21H,6,9,12-14H2,1H3,(H,22,23)/t15-,19?,20+/m1/s1. The largest absolute Gasteiger partial charge is 0.508 e. The molecule has 25 heavy (non-hydrogen) atoms. The van der Waals surface area contributed by atoms with Crippen molar-refractivity contribution in [1.29, 1.82) is 0 Å². The van der Waals surface area contributed by atoms with Crippen LogP contribution in [0, 0.1) is 5.92 Å². The molecule has 136 valence electrons. The van der Waals surface area contributed by atoms with Crippen molar-refractivity contribution in [1.82, 2.24) is 0 Å². The molecule has 0 amide bonds. The number of hydrogen-bond acceptors (Lipinski definition) is 4. The van der Waals surface area contributed by atoms with E-state index in [9.17, 15) is 9.90 Å². The molecule has 0 bridgehead atoms. The van der Waals surface area contributed by atoms with Crippen molar-refractivity contribution in [3.63, 3.8) is 0 Å². The minimum Gasteiger partial charge on any atom is -0.508 e.